The fraction of sp³-hybridized carbons (Fsp3) is 0.579. The number of amides is 2. The molecular weight excluding hydrogens is 348 g/mol. The maximum atomic E-state index is 12.4. The van der Waals surface area contributed by atoms with Crippen LogP contribution in [0.3, 0.4) is 0 Å². The highest BCUT2D eigenvalue weighted by Crippen LogP contribution is 2.28. The molecule has 2 rings (SSSR count). The third kappa shape index (κ3) is 7.07. The van der Waals surface area contributed by atoms with Crippen LogP contribution in [0.5, 0.6) is 11.5 Å². The van der Waals surface area contributed by atoms with Crippen molar-refractivity contribution in [3.63, 3.8) is 0 Å². The molecule has 0 atom stereocenters. The van der Waals surface area contributed by atoms with Crippen LogP contribution in [-0.4, -0.2) is 75.7 Å². The molecule has 1 fully saturated rings. The van der Waals surface area contributed by atoms with Crippen molar-refractivity contribution in [2.75, 3.05) is 53.0 Å². The second kappa shape index (κ2) is 10.7. The van der Waals surface area contributed by atoms with Crippen LogP contribution in [0.1, 0.15) is 24.2 Å². The van der Waals surface area contributed by atoms with Gasteiger partial charge < -0.3 is 25.4 Å². The monoisotopic (exact) mass is 378 g/mol. The molecule has 1 heterocycles. The standard InChI is InChI=1S/C19H30N4O4/c1-14(2)22-18(24)13-27-16-5-4-15(12-17(16)26-3)19(25)21-8-11-23-9-6-20-7-10-23/h4-5,12,14,20H,6-11,13H2,1-3H3,(H,21,25)(H,22,24). The number of hydrogen-bond acceptors (Lipinski definition) is 6. The first kappa shape index (κ1) is 21.0. The summed E-state index contributed by atoms with van der Waals surface area (Å²) in [6.07, 6.45) is 0. The Balaban J connectivity index is 1.85. The number of carbonyl (C=O) groups excluding carboxylic acids is 2. The number of hydrogen-bond donors (Lipinski definition) is 3. The lowest BCUT2D eigenvalue weighted by atomic mass is 10.2. The van der Waals surface area contributed by atoms with Gasteiger partial charge in [0, 0.05) is 50.9 Å². The van der Waals surface area contributed by atoms with E-state index < -0.39 is 0 Å². The minimum absolute atomic E-state index is 0.0512. The van der Waals surface area contributed by atoms with Crippen LogP contribution in [0.15, 0.2) is 18.2 Å². The molecule has 1 aromatic carbocycles. The van der Waals surface area contributed by atoms with Gasteiger partial charge >= 0.3 is 0 Å². The summed E-state index contributed by atoms with van der Waals surface area (Å²) in [5, 5.41) is 8.99. The van der Waals surface area contributed by atoms with Gasteiger partial charge in [-0.3, -0.25) is 14.5 Å². The molecule has 0 radical (unpaired) electrons. The lowest BCUT2D eigenvalue weighted by Crippen LogP contribution is -2.46. The highest BCUT2D eigenvalue weighted by atomic mass is 16.5. The van der Waals surface area contributed by atoms with Crippen molar-refractivity contribution in [2.24, 2.45) is 0 Å². The number of nitrogens with zero attached hydrogens (tertiary/aromatic N) is 1. The summed E-state index contributed by atoms with van der Waals surface area (Å²) in [5.41, 5.74) is 0.492. The minimum atomic E-state index is -0.207. The highest BCUT2D eigenvalue weighted by molar-refractivity contribution is 5.94. The van der Waals surface area contributed by atoms with Crippen LogP contribution in [0.25, 0.3) is 0 Å². The normalized spacial score (nSPS) is 14.7. The molecular formula is C19H30N4O4. The van der Waals surface area contributed by atoms with E-state index in [9.17, 15) is 9.59 Å². The number of rotatable bonds is 9. The zero-order valence-corrected chi connectivity index (χ0v) is 16.3. The predicted octanol–water partition coefficient (Wildman–Crippen LogP) is 0.234. The maximum Gasteiger partial charge on any atom is 0.258 e. The van der Waals surface area contributed by atoms with E-state index in [2.05, 4.69) is 20.9 Å². The molecule has 0 saturated carbocycles. The van der Waals surface area contributed by atoms with E-state index in [-0.39, 0.29) is 24.5 Å². The second-order valence-electron chi connectivity index (χ2n) is 6.72. The molecule has 0 spiro atoms. The average Bonchev–Trinajstić information content (AvgIpc) is 2.66. The number of benzene rings is 1. The van der Waals surface area contributed by atoms with Gasteiger partial charge in [-0.25, -0.2) is 0 Å². The van der Waals surface area contributed by atoms with Crippen LogP contribution >= 0.6 is 0 Å². The first-order chi connectivity index (χ1) is 13.0. The molecule has 1 aliphatic rings. The molecule has 3 N–H and O–H groups in total. The second-order valence-corrected chi connectivity index (χ2v) is 6.72. The van der Waals surface area contributed by atoms with Crippen molar-refractivity contribution >= 4 is 11.8 Å². The Morgan fingerprint density at radius 1 is 1.22 bits per heavy atom. The van der Waals surface area contributed by atoms with E-state index in [1.807, 2.05) is 13.8 Å². The average molecular weight is 378 g/mol. The van der Waals surface area contributed by atoms with Crippen LogP contribution in [0.2, 0.25) is 0 Å². The van der Waals surface area contributed by atoms with Crippen molar-refractivity contribution in [1.82, 2.24) is 20.9 Å². The van der Waals surface area contributed by atoms with Crippen LogP contribution < -0.4 is 25.4 Å². The molecule has 0 unspecified atom stereocenters. The molecule has 1 aliphatic heterocycles. The highest BCUT2D eigenvalue weighted by Gasteiger charge is 2.14. The third-order valence-electron chi connectivity index (χ3n) is 4.16. The van der Waals surface area contributed by atoms with Crippen molar-refractivity contribution in [2.45, 2.75) is 19.9 Å². The smallest absolute Gasteiger partial charge is 0.258 e. The predicted molar refractivity (Wildman–Crippen MR) is 103 cm³/mol. The van der Waals surface area contributed by atoms with Gasteiger partial charge in [0.2, 0.25) is 0 Å². The van der Waals surface area contributed by atoms with Gasteiger partial charge in [0.05, 0.1) is 7.11 Å². The van der Waals surface area contributed by atoms with Gasteiger partial charge in [-0.1, -0.05) is 0 Å². The molecule has 8 nitrogen and oxygen atoms in total. The number of ether oxygens (including phenoxy) is 2. The largest absolute Gasteiger partial charge is 0.493 e. The first-order valence-electron chi connectivity index (χ1n) is 9.31. The molecule has 1 aromatic rings. The Morgan fingerprint density at radius 3 is 2.63 bits per heavy atom. The number of nitrogens with one attached hydrogen (secondary N) is 3. The van der Waals surface area contributed by atoms with E-state index in [0.717, 1.165) is 32.7 Å². The summed E-state index contributed by atoms with van der Waals surface area (Å²) in [6.45, 7) is 9.06. The number of methoxy groups -OCH3 is 1. The Morgan fingerprint density at radius 2 is 1.96 bits per heavy atom. The molecule has 27 heavy (non-hydrogen) atoms. The molecule has 0 bridgehead atoms. The fourth-order valence-electron chi connectivity index (χ4n) is 2.80. The van der Waals surface area contributed by atoms with Gasteiger partial charge in [0.15, 0.2) is 18.1 Å². The topological polar surface area (TPSA) is 91.9 Å². The Bertz CT molecular complexity index is 630. The molecule has 0 aliphatic carbocycles. The van der Waals surface area contributed by atoms with Crippen molar-refractivity contribution in [3.05, 3.63) is 23.8 Å². The number of carbonyl (C=O) groups is 2. The summed E-state index contributed by atoms with van der Waals surface area (Å²) >= 11 is 0. The van der Waals surface area contributed by atoms with Gasteiger partial charge in [-0.2, -0.15) is 0 Å². The van der Waals surface area contributed by atoms with Gasteiger partial charge in [-0.05, 0) is 32.0 Å². The van der Waals surface area contributed by atoms with E-state index in [4.69, 9.17) is 9.47 Å². The zero-order chi connectivity index (χ0) is 19.6. The molecule has 0 aromatic heterocycles. The first-order valence-corrected chi connectivity index (χ1v) is 9.31. The lowest BCUT2D eigenvalue weighted by Gasteiger charge is -2.27. The Labute approximate surface area is 160 Å². The van der Waals surface area contributed by atoms with Crippen LogP contribution in [0.4, 0.5) is 0 Å². The van der Waals surface area contributed by atoms with E-state index in [1.54, 1.807) is 18.2 Å². The SMILES string of the molecule is COc1cc(C(=O)NCCN2CCNCC2)ccc1OCC(=O)NC(C)C. The summed E-state index contributed by atoms with van der Waals surface area (Å²) in [7, 11) is 1.50. The quantitative estimate of drug-likeness (QED) is 0.570. The summed E-state index contributed by atoms with van der Waals surface area (Å²) in [6, 6.07) is 4.98. The summed E-state index contributed by atoms with van der Waals surface area (Å²) in [4.78, 5) is 26.4. The Hall–Kier alpha value is -2.32. The lowest BCUT2D eigenvalue weighted by molar-refractivity contribution is -0.123. The zero-order valence-electron chi connectivity index (χ0n) is 16.3. The molecule has 2 amide bonds. The Kier molecular flexibility index (Phi) is 8.35. The fourth-order valence-corrected chi connectivity index (χ4v) is 2.80. The van der Waals surface area contributed by atoms with E-state index in [1.165, 1.54) is 7.11 Å². The maximum absolute atomic E-state index is 12.4. The van der Waals surface area contributed by atoms with Gasteiger partial charge in [0.1, 0.15) is 0 Å². The van der Waals surface area contributed by atoms with Crippen molar-refractivity contribution < 1.29 is 19.1 Å². The number of piperazine rings is 1. The summed E-state index contributed by atoms with van der Waals surface area (Å²) in [5.74, 6) is 0.477. The molecule has 8 heteroatoms. The van der Waals surface area contributed by atoms with Gasteiger partial charge in [0.25, 0.3) is 11.8 Å². The van der Waals surface area contributed by atoms with Gasteiger partial charge in [-0.15, -0.1) is 0 Å². The summed E-state index contributed by atoms with van der Waals surface area (Å²) < 4.78 is 10.8. The molecule has 150 valence electrons. The molecule has 1 saturated heterocycles. The van der Waals surface area contributed by atoms with E-state index in [0.29, 0.717) is 23.6 Å². The minimum Gasteiger partial charge on any atom is -0.493 e. The van der Waals surface area contributed by atoms with Crippen LogP contribution in [-0.2, 0) is 4.79 Å². The third-order valence-corrected chi connectivity index (χ3v) is 4.16. The van der Waals surface area contributed by atoms with E-state index >= 15 is 0 Å². The van der Waals surface area contributed by atoms with Crippen molar-refractivity contribution in [1.29, 1.82) is 0 Å². The van der Waals surface area contributed by atoms with Crippen molar-refractivity contribution in [3.8, 4) is 11.5 Å². The van der Waals surface area contributed by atoms with Crippen LogP contribution in [0, 0.1) is 0 Å².